The number of alkyl halides is 1. The lowest BCUT2D eigenvalue weighted by Gasteiger charge is -2.08. The summed E-state index contributed by atoms with van der Waals surface area (Å²) in [6, 6.07) is 1.18. The summed E-state index contributed by atoms with van der Waals surface area (Å²) in [5, 5.41) is 3.71. The number of nitrogens with zero attached hydrogens (tertiary/aromatic N) is 1. The summed E-state index contributed by atoms with van der Waals surface area (Å²) >= 11 is 3.40. The zero-order chi connectivity index (χ0) is 12.7. The van der Waals surface area contributed by atoms with Crippen molar-refractivity contribution in [3.63, 3.8) is 0 Å². The number of hydrogen-bond donors (Lipinski definition) is 1. The summed E-state index contributed by atoms with van der Waals surface area (Å²) in [5.74, 6) is -0.170. The van der Waals surface area contributed by atoms with Gasteiger partial charge in [-0.1, -0.05) is 22.9 Å². The molecular weight excluding hydrogens is 287 g/mol. The van der Waals surface area contributed by atoms with Gasteiger partial charge in [-0.05, 0) is 24.8 Å². The molecule has 1 rings (SSSR count). The van der Waals surface area contributed by atoms with E-state index in [9.17, 15) is 9.18 Å². The fraction of sp³-hybridized carbons (Fsp3) is 0.500. The van der Waals surface area contributed by atoms with Crippen molar-refractivity contribution < 1.29 is 9.18 Å². The first-order valence-corrected chi connectivity index (χ1v) is 6.70. The first-order valence-electron chi connectivity index (χ1n) is 5.58. The van der Waals surface area contributed by atoms with E-state index in [0.29, 0.717) is 12.5 Å². The lowest BCUT2D eigenvalue weighted by atomic mass is 10.1. The molecule has 0 aliphatic heterocycles. The molecule has 0 fully saturated rings. The van der Waals surface area contributed by atoms with Crippen molar-refractivity contribution in [1.82, 2.24) is 10.3 Å². The van der Waals surface area contributed by atoms with Crippen LogP contribution in [0.2, 0.25) is 0 Å². The van der Waals surface area contributed by atoms with Gasteiger partial charge in [0.2, 0.25) is 0 Å². The van der Waals surface area contributed by atoms with Gasteiger partial charge in [0.15, 0.2) is 0 Å². The molecule has 3 nitrogen and oxygen atoms in total. The van der Waals surface area contributed by atoms with Gasteiger partial charge >= 0.3 is 0 Å². The lowest BCUT2D eigenvalue weighted by Crippen LogP contribution is -2.25. The Morgan fingerprint density at radius 1 is 1.59 bits per heavy atom. The molecule has 0 bridgehead atoms. The lowest BCUT2D eigenvalue weighted by molar-refractivity contribution is 0.0951. The van der Waals surface area contributed by atoms with Crippen LogP contribution in [0, 0.1) is 11.7 Å². The molecule has 94 valence electrons. The van der Waals surface area contributed by atoms with E-state index in [1.54, 1.807) is 0 Å². The third-order valence-electron chi connectivity index (χ3n) is 2.39. The zero-order valence-electron chi connectivity index (χ0n) is 9.75. The second-order valence-corrected chi connectivity index (χ2v) is 4.70. The van der Waals surface area contributed by atoms with E-state index in [-0.39, 0.29) is 11.5 Å². The average Bonchev–Trinajstić information content (AvgIpc) is 2.34. The minimum Gasteiger partial charge on any atom is -0.352 e. The minimum absolute atomic E-state index is 0.263. The molecule has 1 aromatic rings. The number of carbonyl (C=O) groups is 1. The van der Waals surface area contributed by atoms with Crippen LogP contribution in [0.1, 0.15) is 30.1 Å². The summed E-state index contributed by atoms with van der Waals surface area (Å²) < 4.78 is 12.8. The highest BCUT2D eigenvalue weighted by Gasteiger charge is 2.06. The SMILES string of the molecule is CC(CBr)CCCNC(=O)c1cncc(F)c1. The van der Waals surface area contributed by atoms with Crippen LogP contribution >= 0.6 is 15.9 Å². The zero-order valence-corrected chi connectivity index (χ0v) is 11.3. The van der Waals surface area contributed by atoms with Gasteiger partial charge in [-0.25, -0.2) is 4.39 Å². The average molecular weight is 303 g/mol. The van der Waals surface area contributed by atoms with Crippen molar-refractivity contribution in [2.45, 2.75) is 19.8 Å². The quantitative estimate of drug-likeness (QED) is 0.648. The Balaban J connectivity index is 2.30. The van der Waals surface area contributed by atoms with Crippen LogP contribution in [-0.2, 0) is 0 Å². The van der Waals surface area contributed by atoms with Gasteiger partial charge in [0.1, 0.15) is 5.82 Å². The van der Waals surface area contributed by atoms with Crippen LogP contribution < -0.4 is 5.32 Å². The van der Waals surface area contributed by atoms with Crippen molar-refractivity contribution in [3.8, 4) is 0 Å². The molecule has 0 aliphatic rings. The predicted molar refractivity (Wildman–Crippen MR) is 68.7 cm³/mol. The van der Waals surface area contributed by atoms with Gasteiger partial charge in [-0.15, -0.1) is 0 Å². The molecule has 1 amide bonds. The highest BCUT2D eigenvalue weighted by molar-refractivity contribution is 9.09. The molecule has 0 aliphatic carbocycles. The van der Waals surface area contributed by atoms with Crippen molar-refractivity contribution >= 4 is 21.8 Å². The summed E-state index contributed by atoms with van der Waals surface area (Å²) in [7, 11) is 0. The Bertz CT molecular complexity index is 373. The Morgan fingerprint density at radius 3 is 3.00 bits per heavy atom. The molecular formula is C12H16BrFN2O. The first kappa shape index (κ1) is 14.1. The van der Waals surface area contributed by atoms with Crippen molar-refractivity contribution in [2.75, 3.05) is 11.9 Å². The summed E-state index contributed by atoms with van der Waals surface area (Å²) in [6.45, 7) is 2.75. The smallest absolute Gasteiger partial charge is 0.252 e. The monoisotopic (exact) mass is 302 g/mol. The van der Waals surface area contributed by atoms with Gasteiger partial charge in [0, 0.05) is 18.1 Å². The highest BCUT2D eigenvalue weighted by Crippen LogP contribution is 2.07. The molecule has 1 atom stereocenters. The van der Waals surface area contributed by atoms with Crippen LogP contribution in [-0.4, -0.2) is 22.8 Å². The number of pyridine rings is 1. The van der Waals surface area contributed by atoms with Gasteiger partial charge in [-0.3, -0.25) is 9.78 Å². The Kier molecular flexibility index (Phi) is 6.11. The molecule has 0 saturated carbocycles. The van der Waals surface area contributed by atoms with Crippen LogP contribution in [0.25, 0.3) is 0 Å². The molecule has 17 heavy (non-hydrogen) atoms. The molecule has 1 unspecified atom stereocenters. The van der Waals surface area contributed by atoms with E-state index in [0.717, 1.165) is 24.4 Å². The Labute approximate surface area is 109 Å². The number of carbonyl (C=O) groups excluding carboxylic acids is 1. The predicted octanol–water partition coefficient (Wildman–Crippen LogP) is 2.76. The Hall–Kier alpha value is -0.970. The molecule has 0 radical (unpaired) electrons. The first-order chi connectivity index (χ1) is 8.13. The Morgan fingerprint density at radius 2 is 2.35 bits per heavy atom. The normalized spacial score (nSPS) is 12.2. The summed E-state index contributed by atoms with van der Waals surface area (Å²) in [4.78, 5) is 15.2. The number of aromatic nitrogens is 1. The van der Waals surface area contributed by atoms with Crippen LogP contribution in [0.15, 0.2) is 18.5 Å². The van der Waals surface area contributed by atoms with E-state index in [2.05, 4.69) is 33.2 Å². The standard InChI is InChI=1S/C12H16BrFN2O/c1-9(6-13)3-2-4-16-12(17)10-5-11(14)8-15-7-10/h5,7-9H,2-4,6H2,1H3,(H,16,17). The molecule has 0 aromatic carbocycles. The molecule has 0 saturated heterocycles. The molecule has 1 N–H and O–H groups in total. The third-order valence-corrected chi connectivity index (χ3v) is 3.50. The van der Waals surface area contributed by atoms with Crippen LogP contribution in [0.5, 0.6) is 0 Å². The van der Waals surface area contributed by atoms with E-state index in [4.69, 9.17) is 0 Å². The number of hydrogen-bond acceptors (Lipinski definition) is 2. The third kappa shape index (κ3) is 5.26. The highest BCUT2D eigenvalue weighted by atomic mass is 79.9. The molecule has 0 spiro atoms. The maximum Gasteiger partial charge on any atom is 0.252 e. The fourth-order valence-electron chi connectivity index (χ4n) is 1.37. The minimum atomic E-state index is -0.495. The van der Waals surface area contributed by atoms with E-state index < -0.39 is 5.82 Å². The van der Waals surface area contributed by atoms with E-state index in [1.165, 1.54) is 12.3 Å². The topological polar surface area (TPSA) is 42.0 Å². The van der Waals surface area contributed by atoms with Gasteiger partial charge < -0.3 is 5.32 Å². The van der Waals surface area contributed by atoms with Crippen molar-refractivity contribution in [2.24, 2.45) is 5.92 Å². The fourth-order valence-corrected chi connectivity index (χ4v) is 1.69. The van der Waals surface area contributed by atoms with Crippen molar-refractivity contribution in [3.05, 3.63) is 29.8 Å². The van der Waals surface area contributed by atoms with Crippen LogP contribution in [0.3, 0.4) is 0 Å². The van der Waals surface area contributed by atoms with Crippen LogP contribution in [0.4, 0.5) is 4.39 Å². The second-order valence-electron chi connectivity index (χ2n) is 4.05. The van der Waals surface area contributed by atoms with Gasteiger partial charge in [0.25, 0.3) is 5.91 Å². The van der Waals surface area contributed by atoms with Crippen molar-refractivity contribution in [1.29, 1.82) is 0 Å². The number of rotatable bonds is 6. The maximum absolute atomic E-state index is 12.8. The van der Waals surface area contributed by atoms with E-state index >= 15 is 0 Å². The molecule has 5 heteroatoms. The second kappa shape index (κ2) is 7.37. The van der Waals surface area contributed by atoms with E-state index in [1.807, 2.05) is 0 Å². The molecule has 1 heterocycles. The number of halogens is 2. The largest absolute Gasteiger partial charge is 0.352 e. The maximum atomic E-state index is 12.8. The number of amides is 1. The van der Waals surface area contributed by atoms with Gasteiger partial charge in [0.05, 0.1) is 11.8 Å². The summed E-state index contributed by atoms with van der Waals surface area (Å²) in [5.41, 5.74) is 0.263. The summed E-state index contributed by atoms with van der Waals surface area (Å²) in [6.07, 6.45) is 4.40. The number of nitrogens with one attached hydrogen (secondary N) is 1. The molecule has 1 aromatic heterocycles. The van der Waals surface area contributed by atoms with Gasteiger partial charge in [-0.2, -0.15) is 0 Å².